The smallest absolute Gasteiger partial charge is 0.158 e. The van der Waals surface area contributed by atoms with E-state index in [4.69, 9.17) is 9.47 Å². The van der Waals surface area contributed by atoms with Crippen LogP contribution in [-0.4, -0.2) is 25.0 Å². The molecule has 2 unspecified atom stereocenters. The Kier molecular flexibility index (Phi) is 1.90. The molecular formula is C17H21NO2. The molecule has 5 rings (SSSR count). The molecule has 3 atom stereocenters. The Morgan fingerprint density at radius 1 is 1.15 bits per heavy atom. The number of hydrogen-bond donors (Lipinski definition) is 0. The fourth-order valence-corrected chi connectivity index (χ4v) is 4.66. The van der Waals surface area contributed by atoms with Gasteiger partial charge in [-0.05, 0) is 55.4 Å². The number of nitrogens with zero attached hydrogens (tertiary/aromatic N) is 1. The van der Waals surface area contributed by atoms with Gasteiger partial charge in [0.2, 0.25) is 0 Å². The fraction of sp³-hybridized carbons (Fsp3) is 0.647. The van der Waals surface area contributed by atoms with Crippen LogP contribution in [0.1, 0.15) is 32.6 Å². The summed E-state index contributed by atoms with van der Waals surface area (Å²) in [6, 6.07) is 8.51. The van der Waals surface area contributed by atoms with Crippen LogP contribution in [0.4, 0.5) is 5.69 Å². The van der Waals surface area contributed by atoms with Crippen molar-refractivity contribution in [3.63, 3.8) is 0 Å². The second-order valence-corrected chi connectivity index (χ2v) is 7.29. The number of fused-ring (bicyclic) bond motifs is 1. The summed E-state index contributed by atoms with van der Waals surface area (Å²) in [6.07, 6.45) is 6.30. The van der Waals surface area contributed by atoms with Gasteiger partial charge >= 0.3 is 0 Å². The molecule has 2 aliphatic heterocycles. The van der Waals surface area contributed by atoms with E-state index in [2.05, 4.69) is 36.1 Å². The third-order valence-corrected chi connectivity index (χ3v) is 6.05. The molecule has 2 heterocycles. The van der Waals surface area contributed by atoms with E-state index in [0.29, 0.717) is 23.3 Å². The SMILES string of the molecule is COc1ccc(N2C3OC3[C@H](C3(C)CC3)C23CC3)cc1. The standard InChI is InChI=1S/C17H21NO2/c1-16(7-8-16)14-13-15(20-13)18(17(14)9-10-17)11-3-5-12(19-2)6-4-11/h3-6,13-15H,7-10H2,1-2H3/t13?,14-,15?/m1/s1. The molecule has 106 valence electrons. The molecule has 2 aliphatic carbocycles. The zero-order valence-corrected chi connectivity index (χ0v) is 12.1. The lowest BCUT2D eigenvalue weighted by Crippen LogP contribution is -2.42. The van der Waals surface area contributed by atoms with Crippen molar-refractivity contribution in [3.05, 3.63) is 24.3 Å². The van der Waals surface area contributed by atoms with Gasteiger partial charge < -0.3 is 14.4 Å². The van der Waals surface area contributed by atoms with Crippen LogP contribution in [0.25, 0.3) is 0 Å². The minimum atomic E-state index is 0.341. The van der Waals surface area contributed by atoms with Gasteiger partial charge in [-0.1, -0.05) is 6.92 Å². The summed E-state index contributed by atoms with van der Waals surface area (Å²) in [5, 5.41) is 0. The summed E-state index contributed by atoms with van der Waals surface area (Å²) in [5.74, 6) is 1.68. The summed E-state index contributed by atoms with van der Waals surface area (Å²) in [7, 11) is 1.72. The first-order valence-electron chi connectivity index (χ1n) is 7.77. The highest BCUT2D eigenvalue weighted by Crippen LogP contribution is 2.72. The lowest BCUT2D eigenvalue weighted by molar-refractivity contribution is 0.170. The maximum atomic E-state index is 6.03. The molecule has 2 saturated carbocycles. The van der Waals surface area contributed by atoms with Gasteiger partial charge in [-0.3, -0.25) is 0 Å². The molecule has 1 aromatic rings. The van der Waals surface area contributed by atoms with E-state index in [1.807, 2.05) is 0 Å². The predicted octanol–water partition coefficient (Wildman–Crippen LogP) is 3.19. The van der Waals surface area contributed by atoms with Crippen LogP contribution in [-0.2, 0) is 4.74 Å². The average Bonchev–Trinajstić information content (AvgIpc) is 3.37. The molecule has 0 bridgehead atoms. The van der Waals surface area contributed by atoms with Gasteiger partial charge in [0.05, 0.1) is 7.11 Å². The average molecular weight is 271 g/mol. The molecule has 1 spiro atoms. The van der Waals surface area contributed by atoms with E-state index in [-0.39, 0.29) is 0 Å². The minimum Gasteiger partial charge on any atom is -0.497 e. The molecule has 2 saturated heterocycles. The number of anilines is 1. The van der Waals surface area contributed by atoms with Gasteiger partial charge in [0.1, 0.15) is 11.9 Å². The van der Waals surface area contributed by atoms with Gasteiger partial charge in [-0.2, -0.15) is 0 Å². The molecule has 3 nitrogen and oxygen atoms in total. The first-order valence-corrected chi connectivity index (χ1v) is 7.77. The molecule has 0 aromatic heterocycles. The Morgan fingerprint density at radius 2 is 1.85 bits per heavy atom. The third-order valence-electron chi connectivity index (χ3n) is 6.05. The van der Waals surface area contributed by atoms with Crippen molar-refractivity contribution >= 4 is 5.69 Å². The Balaban J connectivity index is 1.52. The Bertz CT molecular complexity index is 559. The summed E-state index contributed by atoms with van der Waals surface area (Å²) in [6.45, 7) is 2.47. The van der Waals surface area contributed by atoms with Crippen LogP contribution in [0.2, 0.25) is 0 Å². The monoisotopic (exact) mass is 271 g/mol. The van der Waals surface area contributed by atoms with Crippen molar-refractivity contribution < 1.29 is 9.47 Å². The van der Waals surface area contributed by atoms with E-state index < -0.39 is 0 Å². The van der Waals surface area contributed by atoms with Gasteiger partial charge in [0, 0.05) is 17.1 Å². The van der Waals surface area contributed by atoms with Gasteiger partial charge in [-0.25, -0.2) is 0 Å². The van der Waals surface area contributed by atoms with Crippen LogP contribution in [0.3, 0.4) is 0 Å². The molecule has 3 heteroatoms. The lowest BCUT2D eigenvalue weighted by atomic mass is 9.82. The Labute approximate surface area is 119 Å². The zero-order valence-electron chi connectivity index (χ0n) is 12.1. The Hall–Kier alpha value is -1.22. The molecule has 1 aromatic carbocycles. The van der Waals surface area contributed by atoms with Crippen molar-refractivity contribution in [1.29, 1.82) is 0 Å². The zero-order chi connectivity index (χ0) is 13.5. The maximum Gasteiger partial charge on any atom is 0.158 e. The molecule has 0 N–H and O–H groups in total. The van der Waals surface area contributed by atoms with Gasteiger partial charge in [-0.15, -0.1) is 0 Å². The van der Waals surface area contributed by atoms with Crippen LogP contribution in [0.5, 0.6) is 5.75 Å². The number of epoxide rings is 1. The van der Waals surface area contributed by atoms with E-state index >= 15 is 0 Å². The molecule has 4 fully saturated rings. The molecular weight excluding hydrogens is 250 g/mol. The number of benzene rings is 1. The maximum absolute atomic E-state index is 6.03. The highest BCUT2D eigenvalue weighted by molar-refractivity contribution is 5.58. The second kappa shape index (κ2) is 3.33. The van der Waals surface area contributed by atoms with Crippen LogP contribution >= 0.6 is 0 Å². The summed E-state index contributed by atoms with van der Waals surface area (Å²) >= 11 is 0. The summed E-state index contributed by atoms with van der Waals surface area (Å²) in [5.41, 5.74) is 2.27. The molecule has 20 heavy (non-hydrogen) atoms. The number of methoxy groups -OCH3 is 1. The van der Waals surface area contributed by atoms with Gasteiger partial charge in [0.25, 0.3) is 0 Å². The Morgan fingerprint density at radius 3 is 2.40 bits per heavy atom. The summed E-state index contributed by atoms with van der Waals surface area (Å²) < 4.78 is 11.3. The molecule has 4 aliphatic rings. The van der Waals surface area contributed by atoms with Crippen LogP contribution in [0.15, 0.2) is 24.3 Å². The number of rotatable bonds is 3. The van der Waals surface area contributed by atoms with E-state index in [1.165, 1.54) is 31.4 Å². The van der Waals surface area contributed by atoms with Crippen molar-refractivity contribution in [2.45, 2.75) is 50.5 Å². The van der Waals surface area contributed by atoms with Crippen molar-refractivity contribution in [2.24, 2.45) is 11.3 Å². The lowest BCUT2D eigenvalue weighted by Gasteiger charge is -2.36. The van der Waals surface area contributed by atoms with Crippen molar-refractivity contribution in [3.8, 4) is 5.75 Å². The van der Waals surface area contributed by atoms with Crippen molar-refractivity contribution in [2.75, 3.05) is 12.0 Å². The van der Waals surface area contributed by atoms with E-state index in [9.17, 15) is 0 Å². The normalized spacial score (nSPS) is 37.7. The second-order valence-electron chi connectivity index (χ2n) is 7.29. The molecule has 0 amide bonds. The first kappa shape index (κ1) is 11.4. The van der Waals surface area contributed by atoms with Crippen molar-refractivity contribution in [1.82, 2.24) is 0 Å². The largest absolute Gasteiger partial charge is 0.497 e. The minimum absolute atomic E-state index is 0.341. The quantitative estimate of drug-likeness (QED) is 0.789. The fourth-order valence-electron chi connectivity index (χ4n) is 4.66. The highest BCUT2D eigenvalue weighted by Gasteiger charge is 2.77. The third kappa shape index (κ3) is 1.30. The topological polar surface area (TPSA) is 25.0 Å². The number of ether oxygens (including phenoxy) is 2. The summed E-state index contributed by atoms with van der Waals surface area (Å²) in [4.78, 5) is 2.59. The highest BCUT2D eigenvalue weighted by atomic mass is 16.6. The van der Waals surface area contributed by atoms with E-state index in [1.54, 1.807) is 7.11 Å². The number of hydrogen-bond acceptors (Lipinski definition) is 3. The van der Waals surface area contributed by atoms with E-state index in [0.717, 1.165) is 11.7 Å². The van der Waals surface area contributed by atoms with Crippen LogP contribution < -0.4 is 9.64 Å². The van der Waals surface area contributed by atoms with Gasteiger partial charge in [0.15, 0.2) is 6.23 Å². The first-order chi connectivity index (χ1) is 9.68. The van der Waals surface area contributed by atoms with Crippen LogP contribution in [0, 0.1) is 11.3 Å². The predicted molar refractivity (Wildman–Crippen MR) is 76.9 cm³/mol. The molecule has 0 radical (unpaired) electrons.